The number of aryl methyl sites for hydroxylation is 1. The standard InChI is InChI=1S/C18H21N3O4S/c1-14-8-10-15(11-9-14)12-19-20-18(22)13-21(26(3,23)24)16-6-4-5-7-17(16)25-2/h4-12H,13H2,1-3H3,(H,20,22)/b19-12-. The van der Waals surface area contributed by atoms with Gasteiger partial charge in [0.1, 0.15) is 12.3 Å². The summed E-state index contributed by atoms with van der Waals surface area (Å²) in [6.45, 7) is 1.56. The van der Waals surface area contributed by atoms with Crippen LogP contribution in [0.5, 0.6) is 5.75 Å². The highest BCUT2D eigenvalue weighted by atomic mass is 32.2. The SMILES string of the molecule is COc1ccccc1N(CC(=O)N/N=C\c1ccc(C)cc1)S(C)(=O)=O. The van der Waals surface area contributed by atoms with Crippen LogP contribution in [0.25, 0.3) is 0 Å². The van der Waals surface area contributed by atoms with Gasteiger partial charge in [0.2, 0.25) is 10.0 Å². The normalized spacial score (nSPS) is 11.3. The molecule has 2 rings (SSSR count). The summed E-state index contributed by atoms with van der Waals surface area (Å²) in [5, 5.41) is 3.87. The van der Waals surface area contributed by atoms with Crippen LogP contribution in [-0.2, 0) is 14.8 Å². The van der Waals surface area contributed by atoms with E-state index < -0.39 is 22.5 Å². The first kappa shape index (κ1) is 19.5. The monoisotopic (exact) mass is 375 g/mol. The molecule has 0 saturated carbocycles. The Balaban J connectivity index is 2.11. The molecule has 0 aliphatic carbocycles. The molecule has 0 aliphatic heterocycles. The molecule has 1 amide bonds. The van der Waals surface area contributed by atoms with Gasteiger partial charge in [-0.05, 0) is 24.6 Å². The first-order chi connectivity index (χ1) is 12.3. The first-order valence-electron chi connectivity index (χ1n) is 7.80. The van der Waals surface area contributed by atoms with E-state index in [1.807, 2.05) is 31.2 Å². The molecule has 26 heavy (non-hydrogen) atoms. The van der Waals surface area contributed by atoms with Crippen molar-refractivity contribution >= 4 is 27.8 Å². The Bertz CT molecular complexity index is 893. The third-order valence-electron chi connectivity index (χ3n) is 3.52. The van der Waals surface area contributed by atoms with Gasteiger partial charge >= 0.3 is 0 Å². The van der Waals surface area contributed by atoms with Gasteiger partial charge in [-0.15, -0.1) is 0 Å². The molecule has 0 saturated heterocycles. The Kier molecular flexibility index (Phi) is 6.35. The third kappa shape index (κ3) is 5.32. The molecule has 2 aromatic rings. The highest BCUT2D eigenvalue weighted by Crippen LogP contribution is 2.29. The quantitative estimate of drug-likeness (QED) is 0.592. The molecule has 0 fully saturated rings. The maximum atomic E-state index is 12.1. The molecule has 0 atom stereocenters. The van der Waals surface area contributed by atoms with E-state index in [1.54, 1.807) is 24.3 Å². The number of anilines is 1. The molecule has 0 unspecified atom stereocenters. The van der Waals surface area contributed by atoms with Crippen LogP contribution in [0.3, 0.4) is 0 Å². The van der Waals surface area contributed by atoms with E-state index in [-0.39, 0.29) is 5.69 Å². The minimum atomic E-state index is -3.69. The van der Waals surface area contributed by atoms with Gasteiger partial charge in [0.25, 0.3) is 5.91 Å². The van der Waals surface area contributed by atoms with Gasteiger partial charge in [-0.25, -0.2) is 13.8 Å². The number of hydrogen-bond donors (Lipinski definition) is 1. The van der Waals surface area contributed by atoms with Crippen LogP contribution in [0.1, 0.15) is 11.1 Å². The lowest BCUT2D eigenvalue weighted by molar-refractivity contribution is -0.119. The molecule has 0 spiro atoms. The fraction of sp³-hybridized carbons (Fsp3) is 0.222. The molecule has 0 bridgehead atoms. The lowest BCUT2D eigenvalue weighted by Gasteiger charge is -2.23. The molecule has 0 radical (unpaired) electrons. The zero-order chi connectivity index (χ0) is 19.2. The number of ether oxygens (including phenoxy) is 1. The number of nitrogens with zero attached hydrogens (tertiary/aromatic N) is 2. The predicted molar refractivity (Wildman–Crippen MR) is 102 cm³/mol. The topological polar surface area (TPSA) is 88.1 Å². The van der Waals surface area contributed by atoms with Gasteiger partial charge < -0.3 is 4.74 Å². The second-order valence-corrected chi connectivity index (χ2v) is 7.55. The molecule has 1 N–H and O–H groups in total. The zero-order valence-electron chi connectivity index (χ0n) is 14.8. The first-order valence-corrected chi connectivity index (χ1v) is 9.65. The lowest BCUT2D eigenvalue weighted by Crippen LogP contribution is -2.39. The third-order valence-corrected chi connectivity index (χ3v) is 4.65. The summed E-state index contributed by atoms with van der Waals surface area (Å²) < 4.78 is 30.4. The fourth-order valence-electron chi connectivity index (χ4n) is 2.21. The van der Waals surface area contributed by atoms with Crippen LogP contribution in [0.2, 0.25) is 0 Å². The second-order valence-electron chi connectivity index (χ2n) is 5.65. The number of hydrazone groups is 1. The number of rotatable bonds is 7. The van der Waals surface area contributed by atoms with Crippen molar-refractivity contribution < 1.29 is 17.9 Å². The van der Waals surface area contributed by atoms with Gasteiger partial charge in [-0.1, -0.05) is 42.0 Å². The number of carbonyl (C=O) groups excluding carboxylic acids is 1. The van der Waals surface area contributed by atoms with Crippen LogP contribution >= 0.6 is 0 Å². The maximum Gasteiger partial charge on any atom is 0.260 e. The van der Waals surface area contributed by atoms with Gasteiger partial charge in [0.05, 0.1) is 25.3 Å². The van der Waals surface area contributed by atoms with E-state index in [2.05, 4.69) is 10.5 Å². The zero-order valence-corrected chi connectivity index (χ0v) is 15.7. The largest absolute Gasteiger partial charge is 0.495 e. The Labute approximate surface area is 153 Å². The smallest absolute Gasteiger partial charge is 0.260 e. The van der Waals surface area contributed by atoms with Crippen molar-refractivity contribution in [3.05, 3.63) is 59.7 Å². The van der Waals surface area contributed by atoms with Crippen molar-refractivity contribution in [2.24, 2.45) is 5.10 Å². The minimum Gasteiger partial charge on any atom is -0.495 e. The van der Waals surface area contributed by atoms with Crippen molar-refractivity contribution in [1.29, 1.82) is 0 Å². The molecule has 7 nitrogen and oxygen atoms in total. The van der Waals surface area contributed by atoms with E-state index >= 15 is 0 Å². The average Bonchev–Trinajstić information content (AvgIpc) is 2.60. The second kappa shape index (κ2) is 8.48. The number of carbonyl (C=O) groups is 1. The molecule has 0 aromatic heterocycles. The lowest BCUT2D eigenvalue weighted by atomic mass is 10.2. The van der Waals surface area contributed by atoms with Crippen LogP contribution in [-0.4, -0.2) is 40.4 Å². The summed E-state index contributed by atoms with van der Waals surface area (Å²) in [4.78, 5) is 12.1. The fourth-order valence-corrected chi connectivity index (χ4v) is 3.07. The molecule has 2 aromatic carbocycles. The molecule has 138 valence electrons. The predicted octanol–water partition coefficient (Wildman–Crippen LogP) is 1.92. The van der Waals surface area contributed by atoms with Crippen molar-refractivity contribution in [1.82, 2.24) is 5.43 Å². The van der Waals surface area contributed by atoms with Crippen molar-refractivity contribution in [2.45, 2.75) is 6.92 Å². The summed E-state index contributed by atoms with van der Waals surface area (Å²) in [5.41, 5.74) is 4.56. The van der Waals surface area contributed by atoms with Crippen LogP contribution in [0, 0.1) is 6.92 Å². The van der Waals surface area contributed by atoms with Crippen molar-refractivity contribution in [2.75, 3.05) is 24.2 Å². The highest BCUT2D eigenvalue weighted by molar-refractivity contribution is 7.92. The number of para-hydroxylation sites is 2. The van der Waals surface area contributed by atoms with E-state index in [9.17, 15) is 13.2 Å². The van der Waals surface area contributed by atoms with E-state index in [0.29, 0.717) is 5.75 Å². The Morgan fingerprint density at radius 1 is 1.19 bits per heavy atom. The summed E-state index contributed by atoms with van der Waals surface area (Å²) >= 11 is 0. The Morgan fingerprint density at radius 3 is 2.46 bits per heavy atom. The minimum absolute atomic E-state index is 0.287. The number of benzene rings is 2. The molecule has 8 heteroatoms. The summed E-state index contributed by atoms with van der Waals surface area (Å²) in [5.74, 6) is -0.210. The molecule has 0 heterocycles. The van der Waals surface area contributed by atoms with Gasteiger partial charge in [-0.3, -0.25) is 9.10 Å². The number of nitrogens with one attached hydrogen (secondary N) is 1. The highest BCUT2D eigenvalue weighted by Gasteiger charge is 2.23. The van der Waals surface area contributed by atoms with Gasteiger partial charge in [0, 0.05) is 0 Å². The average molecular weight is 375 g/mol. The number of sulfonamides is 1. The maximum absolute atomic E-state index is 12.1. The van der Waals surface area contributed by atoms with E-state index in [1.165, 1.54) is 13.3 Å². The van der Waals surface area contributed by atoms with Crippen LogP contribution in [0.15, 0.2) is 53.6 Å². The van der Waals surface area contributed by atoms with Crippen molar-refractivity contribution in [3.8, 4) is 5.75 Å². The van der Waals surface area contributed by atoms with Crippen molar-refractivity contribution in [3.63, 3.8) is 0 Å². The number of methoxy groups -OCH3 is 1. The molecular weight excluding hydrogens is 354 g/mol. The van der Waals surface area contributed by atoms with Crippen LogP contribution in [0.4, 0.5) is 5.69 Å². The Hall–Kier alpha value is -2.87. The molecular formula is C18H21N3O4S. The van der Waals surface area contributed by atoms with Gasteiger partial charge in [-0.2, -0.15) is 5.10 Å². The number of hydrogen-bond acceptors (Lipinski definition) is 5. The summed E-state index contributed by atoms with van der Waals surface area (Å²) in [7, 11) is -2.25. The van der Waals surface area contributed by atoms with E-state index in [4.69, 9.17) is 4.74 Å². The summed E-state index contributed by atoms with van der Waals surface area (Å²) in [6, 6.07) is 14.2. The van der Waals surface area contributed by atoms with Gasteiger partial charge in [0.15, 0.2) is 0 Å². The Morgan fingerprint density at radius 2 is 1.85 bits per heavy atom. The van der Waals surface area contributed by atoms with Crippen LogP contribution < -0.4 is 14.5 Å². The summed E-state index contributed by atoms with van der Waals surface area (Å²) in [6.07, 6.45) is 2.52. The molecule has 0 aliphatic rings. The number of amides is 1. The van der Waals surface area contributed by atoms with E-state index in [0.717, 1.165) is 21.7 Å².